The second-order valence-electron chi connectivity index (χ2n) is 9.34. The van der Waals surface area contributed by atoms with Gasteiger partial charge in [-0.15, -0.1) is 13.2 Å². The molecular formula is C25H23F3N4O2. The van der Waals surface area contributed by atoms with E-state index >= 15 is 0 Å². The molecular weight excluding hydrogens is 445 g/mol. The third-order valence-corrected chi connectivity index (χ3v) is 7.15. The predicted molar refractivity (Wildman–Crippen MR) is 121 cm³/mol. The van der Waals surface area contributed by atoms with Crippen LogP contribution in [-0.4, -0.2) is 29.0 Å². The molecule has 1 spiro atoms. The van der Waals surface area contributed by atoms with E-state index in [0.717, 1.165) is 36.1 Å². The molecule has 2 aliphatic rings. The average molecular weight is 468 g/mol. The van der Waals surface area contributed by atoms with E-state index in [0.29, 0.717) is 36.2 Å². The summed E-state index contributed by atoms with van der Waals surface area (Å²) in [5, 5.41) is 9.80. The van der Waals surface area contributed by atoms with Gasteiger partial charge in [0.2, 0.25) is 0 Å². The first-order chi connectivity index (χ1) is 16.1. The number of anilines is 1. The van der Waals surface area contributed by atoms with E-state index in [-0.39, 0.29) is 22.3 Å². The number of alkyl halides is 3. The number of benzene rings is 1. The Balaban J connectivity index is 1.43. The Bertz CT molecular complexity index is 1400. The number of halogens is 3. The van der Waals surface area contributed by atoms with Gasteiger partial charge in [0.15, 0.2) is 0 Å². The minimum absolute atomic E-state index is 0.0542. The molecule has 0 amide bonds. The molecule has 6 nitrogen and oxygen atoms in total. The van der Waals surface area contributed by atoms with Crippen LogP contribution in [0.5, 0.6) is 5.75 Å². The number of hydrogen-bond acceptors (Lipinski definition) is 5. The Morgan fingerprint density at radius 2 is 1.82 bits per heavy atom. The molecule has 1 saturated heterocycles. The van der Waals surface area contributed by atoms with Gasteiger partial charge in [0, 0.05) is 25.8 Å². The highest BCUT2D eigenvalue weighted by molar-refractivity contribution is 5.91. The van der Waals surface area contributed by atoms with Gasteiger partial charge < -0.3 is 14.2 Å². The van der Waals surface area contributed by atoms with Gasteiger partial charge in [-0.1, -0.05) is 6.07 Å². The van der Waals surface area contributed by atoms with Crippen molar-refractivity contribution in [3.63, 3.8) is 0 Å². The molecule has 1 fully saturated rings. The monoisotopic (exact) mass is 468 g/mol. The van der Waals surface area contributed by atoms with Crippen LogP contribution in [0.25, 0.3) is 11.0 Å². The third-order valence-electron chi connectivity index (χ3n) is 7.15. The lowest BCUT2D eigenvalue weighted by Gasteiger charge is -2.41. The zero-order chi connectivity index (χ0) is 24.3. The zero-order valence-electron chi connectivity index (χ0n) is 18.9. The van der Waals surface area contributed by atoms with Crippen molar-refractivity contribution >= 4 is 16.7 Å². The number of pyridine rings is 2. The quantitative estimate of drug-likeness (QED) is 0.558. The van der Waals surface area contributed by atoms with Crippen LogP contribution < -0.4 is 15.2 Å². The van der Waals surface area contributed by atoms with Crippen molar-refractivity contribution in [1.29, 1.82) is 5.26 Å². The number of hydrogen-bond donors (Lipinski definition) is 0. The Morgan fingerprint density at radius 1 is 1.12 bits per heavy atom. The average Bonchev–Trinajstić information content (AvgIpc) is 3.12. The zero-order valence-corrected chi connectivity index (χ0v) is 18.9. The molecule has 2 aromatic heterocycles. The van der Waals surface area contributed by atoms with Crippen molar-refractivity contribution in [2.24, 2.45) is 12.5 Å². The van der Waals surface area contributed by atoms with E-state index in [1.165, 1.54) is 16.7 Å². The van der Waals surface area contributed by atoms with Crippen LogP contribution in [0.1, 0.15) is 35.2 Å². The number of aromatic nitrogens is 2. The second kappa shape index (κ2) is 7.76. The summed E-state index contributed by atoms with van der Waals surface area (Å²) in [6, 6.07) is 10.4. The predicted octanol–water partition coefficient (Wildman–Crippen LogP) is 4.40. The van der Waals surface area contributed by atoms with Crippen LogP contribution in [0.3, 0.4) is 0 Å². The standard InChI is InChI=1S/C25H23F3N4O2/c1-15-3-6-20-21(30-15)22(19(14-29)23(33)31(20)2)32-9-7-24(8-10-32)12-16-4-5-18(11-17(16)13-24)34-25(26,27)28/h3-6,11H,7-10,12-13H2,1-2H3. The molecule has 34 heavy (non-hydrogen) atoms. The fourth-order valence-electron chi connectivity index (χ4n) is 5.46. The van der Waals surface area contributed by atoms with Gasteiger partial charge in [-0.3, -0.25) is 4.79 Å². The van der Waals surface area contributed by atoms with Gasteiger partial charge in [0.05, 0.1) is 11.2 Å². The molecule has 0 radical (unpaired) electrons. The lowest BCUT2D eigenvalue weighted by atomic mass is 9.76. The van der Waals surface area contributed by atoms with E-state index in [1.54, 1.807) is 13.1 Å². The topological polar surface area (TPSA) is 71.2 Å². The van der Waals surface area contributed by atoms with Gasteiger partial charge in [-0.05, 0) is 73.4 Å². The number of ether oxygens (including phenoxy) is 1. The van der Waals surface area contributed by atoms with Crippen LogP contribution in [-0.2, 0) is 19.9 Å². The van der Waals surface area contributed by atoms with Gasteiger partial charge in [0.1, 0.15) is 22.9 Å². The minimum Gasteiger partial charge on any atom is -0.406 e. The van der Waals surface area contributed by atoms with Crippen LogP contribution >= 0.6 is 0 Å². The first-order valence-electron chi connectivity index (χ1n) is 11.1. The van der Waals surface area contributed by atoms with Crippen LogP contribution in [0.2, 0.25) is 0 Å². The highest BCUT2D eigenvalue weighted by Gasteiger charge is 2.41. The molecule has 9 heteroatoms. The molecule has 0 N–H and O–H groups in total. The summed E-state index contributed by atoms with van der Waals surface area (Å²) in [6.07, 6.45) is -1.64. The van der Waals surface area contributed by atoms with Gasteiger partial charge in [0.25, 0.3) is 5.56 Å². The summed E-state index contributed by atoms with van der Waals surface area (Å²) in [7, 11) is 1.64. The maximum absolute atomic E-state index is 12.9. The van der Waals surface area contributed by atoms with Crippen molar-refractivity contribution < 1.29 is 17.9 Å². The second-order valence-corrected chi connectivity index (χ2v) is 9.34. The van der Waals surface area contributed by atoms with Crippen molar-refractivity contribution in [1.82, 2.24) is 9.55 Å². The highest BCUT2D eigenvalue weighted by Crippen LogP contribution is 2.47. The van der Waals surface area contributed by atoms with Crippen LogP contribution in [0.15, 0.2) is 35.1 Å². The normalized spacial score (nSPS) is 17.1. The maximum Gasteiger partial charge on any atom is 0.573 e. The number of nitrogens with zero attached hydrogens (tertiary/aromatic N) is 4. The van der Waals surface area contributed by atoms with Crippen molar-refractivity contribution in [3.05, 3.63) is 63.1 Å². The van der Waals surface area contributed by atoms with E-state index < -0.39 is 6.36 Å². The molecule has 3 aromatic rings. The molecule has 1 aliphatic heterocycles. The first kappa shape index (κ1) is 22.3. The van der Waals surface area contributed by atoms with Crippen LogP contribution in [0, 0.1) is 23.7 Å². The fourth-order valence-corrected chi connectivity index (χ4v) is 5.46. The van der Waals surface area contributed by atoms with Gasteiger partial charge in [-0.2, -0.15) is 5.26 Å². The molecule has 0 unspecified atom stereocenters. The fraction of sp³-hybridized carbons (Fsp3) is 0.400. The minimum atomic E-state index is -4.71. The molecule has 1 aliphatic carbocycles. The smallest absolute Gasteiger partial charge is 0.406 e. The van der Waals surface area contributed by atoms with E-state index in [1.807, 2.05) is 19.1 Å². The van der Waals surface area contributed by atoms with Crippen molar-refractivity contribution in [2.45, 2.75) is 39.0 Å². The SMILES string of the molecule is Cc1ccc2c(n1)c(N1CCC3(CC1)Cc1ccc(OC(F)(F)F)cc1C3)c(C#N)c(=O)n2C. The summed E-state index contributed by atoms with van der Waals surface area (Å²) >= 11 is 0. The lowest BCUT2D eigenvalue weighted by Crippen LogP contribution is -2.42. The third kappa shape index (κ3) is 3.77. The molecule has 5 rings (SSSR count). The molecule has 0 saturated carbocycles. The van der Waals surface area contributed by atoms with E-state index in [9.17, 15) is 23.2 Å². The Kier molecular flexibility index (Phi) is 5.08. The molecule has 0 atom stereocenters. The van der Waals surface area contributed by atoms with E-state index in [2.05, 4.69) is 20.7 Å². The number of nitriles is 1. The largest absolute Gasteiger partial charge is 0.573 e. The summed E-state index contributed by atoms with van der Waals surface area (Å²) in [5.41, 5.74) is 4.33. The molecule has 176 valence electrons. The van der Waals surface area contributed by atoms with Crippen molar-refractivity contribution in [2.75, 3.05) is 18.0 Å². The highest BCUT2D eigenvalue weighted by atomic mass is 19.4. The van der Waals surface area contributed by atoms with Gasteiger partial charge in [-0.25, -0.2) is 4.98 Å². The van der Waals surface area contributed by atoms with E-state index in [4.69, 9.17) is 0 Å². The Labute approximate surface area is 194 Å². The molecule has 0 bridgehead atoms. The van der Waals surface area contributed by atoms with Crippen LogP contribution in [0.4, 0.5) is 18.9 Å². The summed E-state index contributed by atoms with van der Waals surface area (Å²) in [6.45, 7) is 3.14. The summed E-state index contributed by atoms with van der Waals surface area (Å²) < 4.78 is 43.4. The molecule has 1 aromatic carbocycles. The lowest BCUT2D eigenvalue weighted by molar-refractivity contribution is -0.274. The Morgan fingerprint density at radius 3 is 2.50 bits per heavy atom. The number of aryl methyl sites for hydroxylation is 2. The summed E-state index contributed by atoms with van der Waals surface area (Å²) in [5.74, 6) is -0.188. The Hall–Kier alpha value is -3.54. The summed E-state index contributed by atoms with van der Waals surface area (Å²) in [4.78, 5) is 19.6. The first-order valence-corrected chi connectivity index (χ1v) is 11.1. The number of fused-ring (bicyclic) bond motifs is 2. The number of piperidine rings is 1. The van der Waals surface area contributed by atoms with Crippen molar-refractivity contribution in [3.8, 4) is 11.8 Å². The maximum atomic E-state index is 12.9. The number of rotatable bonds is 2. The molecule has 3 heterocycles. The van der Waals surface area contributed by atoms with Gasteiger partial charge >= 0.3 is 6.36 Å².